The van der Waals surface area contributed by atoms with E-state index >= 15 is 0 Å². The molecule has 1 atom stereocenters. The van der Waals surface area contributed by atoms with Crippen LogP contribution in [0.2, 0.25) is 0 Å². The van der Waals surface area contributed by atoms with Gasteiger partial charge in [-0.3, -0.25) is 4.99 Å². The second kappa shape index (κ2) is 19.4. The smallest absolute Gasteiger partial charge is 0.155 e. The first-order valence-corrected chi connectivity index (χ1v) is 25.8. The molecule has 0 fully saturated rings. The van der Waals surface area contributed by atoms with Gasteiger partial charge in [-0.1, -0.05) is 224 Å². The van der Waals surface area contributed by atoms with Crippen molar-refractivity contribution in [1.82, 2.24) is 9.13 Å². The minimum atomic E-state index is -0.209. The van der Waals surface area contributed by atoms with E-state index in [0.717, 1.165) is 72.6 Å². The van der Waals surface area contributed by atoms with E-state index < -0.39 is 0 Å². The van der Waals surface area contributed by atoms with E-state index in [1.165, 1.54) is 49.3 Å². The van der Waals surface area contributed by atoms with E-state index in [1.54, 1.807) is 0 Å². The van der Waals surface area contributed by atoms with Crippen LogP contribution in [0.1, 0.15) is 36.6 Å². The van der Waals surface area contributed by atoms with Gasteiger partial charge in [0, 0.05) is 49.6 Å². The fraction of sp³-hybridized carbons (Fsp3) is 0.0423. The van der Waals surface area contributed by atoms with Crippen LogP contribution in [-0.2, 0) is 0 Å². The zero-order valence-corrected chi connectivity index (χ0v) is 41.8. The van der Waals surface area contributed by atoms with Crippen molar-refractivity contribution in [3.63, 3.8) is 0 Å². The predicted molar refractivity (Wildman–Crippen MR) is 317 cm³/mol. The first-order chi connectivity index (χ1) is 37.0. The predicted octanol–water partition coefficient (Wildman–Crippen LogP) is 18.6. The van der Waals surface area contributed by atoms with Gasteiger partial charge in [0.15, 0.2) is 5.84 Å². The van der Waals surface area contributed by atoms with E-state index in [2.05, 4.69) is 296 Å². The molecule has 11 aromatic carbocycles. The summed E-state index contributed by atoms with van der Waals surface area (Å²) >= 11 is 0. The highest BCUT2D eigenvalue weighted by atomic mass is 15.0. The average molecular weight is 961 g/mol. The van der Waals surface area contributed by atoms with E-state index in [1.807, 2.05) is 0 Å². The fourth-order valence-electron chi connectivity index (χ4n) is 11.0. The topological polar surface area (TPSA) is 34.6 Å². The summed E-state index contributed by atoms with van der Waals surface area (Å²) in [6.45, 7) is 4.28. The van der Waals surface area contributed by atoms with Crippen LogP contribution >= 0.6 is 0 Å². The van der Waals surface area contributed by atoms with Crippen LogP contribution in [0.3, 0.4) is 0 Å². The summed E-state index contributed by atoms with van der Waals surface area (Å²) in [5, 5.41) is 4.79. The van der Waals surface area contributed by atoms with Gasteiger partial charge in [0.25, 0.3) is 0 Å². The number of para-hydroxylation sites is 3. The number of hydrogen-bond donors (Lipinski definition) is 0. The van der Waals surface area contributed by atoms with Crippen molar-refractivity contribution in [3.8, 4) is 55.9 Å². The Morgan fingerprint density at radius 3 is 1.25 bits per heavy atom. The molecule has 356 valence electrons. The Hall–Kier alpha value is -9.64. The maximum absolute atomic E-state index is 5.62. The molecular weight excluding hydrogens is 909 g/mol. The molecule has 0 saturated heterocycles. The van der Waals surface area contributed by atoms with Crippen LogP contribution < -0.4 is 0 Å². The van der Waals surface area contributed by atoms with Gasteiger partial charge < -0.3 is 9.13 Å². The summed E-state index contributed by atoms with van der Waals surface area (Å²) in [4.78, 5) is 11.2. The normalized spacial score (nSPS) is 12.5. The Bertz CT molecular complexity index is 4190. The van der Waals surface area contributed by atoms with Crippen LogP contribution in [0.5, 0.6) is 0 Å². The molecule has 0 N–H and O–H groups in total. The molecule has 0 radical (unpaired) electrons. The molecule has 75 heavy (non-hydrogen) atoms. The Morgan fingerprint density at radius 2 is 0.747 bits per heavy atom. The number of hydrogen-bond acceptors (Lipinski definition) is 1. The van der Waals surface area contributed by atoms with E-state index in [4.69, 9.17) is 9.98 Å². The van der Waals surface area contributed by atoms with Gasteiger partial charge in [-0.2, -0.15) is 0 Å². The highest BCUT2D eigenvalue weighted by Crippen LogP contribution is 2.45. The largest absolute Gasteiger partial charge is 0.309 e. The van der Waals surface area contributed by atoms with Gasteiger partial charge >= 0.3 is 0 Å². The van der Waals surface area contributed by atoms with Gasteiger partial charge in [-0.25, -0.2) is 4.99 Å². The first kappa shape index (κ1) is 45.2. The van der Waals surface area contributed by atoms with Crippen molar-refractivity contribution in [3.05, 3.63) is 290 Å². The Balaban J connectivity index is 1.07. The highest BCUT2D eigenvalue weighted by molar-refractivity contribution is 6.20. The van der Waals surface area contributed by atoms with Gasteiger partial charge in [0.2, 0.25) is 0 Å². The molecule has 0 spiro atoms. The lowest BCUT2D eigenvalue weighted by atomic mass is 9.92. The molecule has 0 unspecified atom stereocenters. The molecule has 0 aliphatic rings. The summed E-state index contributed by atoms with van der Waals surface area (Å²) in [6.07, 6.45) is 0. The number of benzene rings is 11. The number of fused-ring (bicyclic) bond motifs is 6. The summed E-state index contributed by atoms with van der Waals surface area (Å²) in [5.74, 6) is 0.665. The average Bonchev–Trinajstić information content (AvgIpc) is 4.01. The molecule has 4 nitrogen and oxygen atoms in total. The highest BCUT2D eigenvalue weighted by Gasteiger charge is 2.25. The monoisotopic (exact) mass is 960 g/mol. The number of nitrogens with zero attached hydrogens (tertiary/aromatic N) is 4. The maximum Gasteiger partial charge on any atom is 0.155 e. The third-order valence-electron chi connectivity index (χ3n) is 14.7. The zero-order chi connectivity index (χ0) is 50.2. The van der Waals surface area contributed by atoms with Gasteiger partial charge in [0.1, 0.15) is 0 Å². The Kier molecular flexibility index (Phi) is 11.7. The quantitative estimate of drug-likeness (QED) is 0.0967. The molecule has 13 aromatic rings. The molecule has 0 saturated carbocycles. The van der Waals surface area contributed by atoms with E-state index in [9.17, 15) is 0 Å². The molecule has 13 rings (SSSR count). The summed E-state index contributed by atoms with van der Waals surface area (Å²) < 4.78 is 4.93. The van der Waals surface area contributed by atoms with Gasteiger partial charge in [-0.15, -0.1) is 0 Å². The summed E-state index contributed by atoms with van der Waals surface area (Å²) in [6, 6.07) is 98.0. The van der Waals surface area contributed by atoms with Crippen LogP contribution in [-0.4, -0.2) is 20.7 Å². The second-order valence-electron chi connectivity index (χ2n) is 19.3. The fourth-order valence-corrected chi connectivity index (χ4v) is 11.0. The third-order valence-corrected chi connectivity index (χ3v) is 14.7. The van der Waals surface area contributed by atoms with Crippen molar-refractivity contribution in [2.75, 3.05) is 0 Å². The summed E-state index contributed by atoms with van der Waals surface area (Å²) in [5.41, 5.74) is 19.9. The molecule has 0 aliphatic heterocycles. The molecule has 0 bridgehead atoms. The lowest BCUT2D eigenvalue weighted by Crippen LogP contribution is -2.09. The van der Waals surface area contributed by atoms with E-state index in [-0.39, 0.29) is 6.04 Å². The number of aliphatic imine (C=N–C) groups is 2. The molecular formula is C71H52N4. The lowest BCUT2D eigenvalue weighted by Gasteiger charge is -2.21. The SMILES string of the molecule is CC(=NC(=N[C@H](C)c1ccc(-c2ccccc2)cc1)c1cc(-c2ccccc2)c(-n2c3ccccc3c3cc4c(cc32)c2ccccc2n4-c2ccccc2)c(-c2ccccc2)c1)c1ccc(-c2ccccc2)cc1. The third kappa shape index (κ3) is 8.42. The number of amidine groups is 1. The second-order valence-corrected chi connectivity index (χ2v) is 19.3. The first-order valence-electron chi connectivity index (χ1n) is 25.8. The van der Waals surface area contributed by atoms with Crippen molar-refractivity contribution < 1.29 is 0 Å². The van der Waals surface area contributed by atoms with Crippen LogP contribution in [0, 0.1) is 0 Å². The zero-order valence-electron chi connectivity index (χ0n) is 41.8. The minimum Gasteiger partial charge on any atom is -0.309 e. The van der Waals surface area contributed by atoms with Crippen LogP contribution in [0.4, 0.5) is 0 Å². The van der Waals surface area contributed by atoms with Gasteiger partial charge in [-0.05, 0) is 107 Å². The summed E-state index contributed by atoms with van der Waals surface area (Å²) in [7, 11) is 0. The molecule has 2 heterocycles. The molecule has 0 amide bonds. The van der Waals surface area contributed by atoms with Crippen molar-refractivity contribution in [2.45, 2.75) is 19.9 Å². The van der Waals surface area contributed by atoms with Gasteiger partial charge in [0.05, 0.1) is 33.8 Å². The van der Waals surface area contributed by atoms with Crippen molar-refractivity contribution in [2.24, 2.45) is 9.98 Å². The standard InChI is InChI=1S/C71H52N4/c1-48(50-36-40-54(41-37-50)52-22-8-3-9-23-52)72-71(73-49(2)51-38-42-55(43-39-51)53-24-10-4-11-25-53)58-44-62(56-26-12-5-13-27-56)70(63(45-58)57-28-14-6-15-29-57)75-67-35-21-19-33-61(67)65-46-68-64(47-69(65)75)60-32-18-20-34-66(60)74(68)59-30-16-7-17-31-59/h3-48H,1-2H3/t48-/m1/s1. The molecule has 4 heteroatoms. The van der Waals surface area contributed by atoms with Crippen LogP contribution in [0.15, 0.2) is 283 Å². The van der Waals surface area contributed by atoms with E-state index in [0.29, 0.717) is 5.84 Å². The molecule has 2 aromatic heterocycles. The number of rotatable bonds is 10. The molecule has 0 aliphatic carbocycles. The number of aromatic nitrogens is 2. The Morgan fingerprint density at radius 1 is 0.347 bits per heavy atom. The lowest BCUT2D eigenvalue weighted by molar-refractivity contribution is 0.819. The van der Waals surface area contributed by atoms with Crippen LogP contribution in [0.25, 0.3) is 99.5 Å². The Labute approximate surface area is 437 Å². The minimum absolute atomic E-state index is 0.209. The maximum atomic E-state index is 5.62. The van der Waals surface area contributed by atoms with Crippen molar-refractivity contribution in [1.29, 1.82) is 0 Å². The van der Waals surface area contributed by atoms with Crippen molar-refractivity contribution >= 4 is 55.2 Å².